The minimum Gasteiger partial charge on any atom is -0.491 e. The van der Waals surface area contributed by atoms with Gasteiger partial charge in [-0.15, -0.1) is 0 Å². The molecule has 0 bridgehead atoms. The van der Waals surface area contributed by atoms with Gasteiger partial charge in [-0.1, -0.05) is 0 Å². The Labute approximate surface area is 121 Å². The van der Waals surface area contributed by atoms with Gasteiger partial charge in [0, 0.05) is 44.2 Å². The molecule has 2 N–H and O–H groups in total. The van der Waals surface area contributed by atoms with Crippen LogP contribution in [0.3, 0.4) is 0 Å². The first-order chi connectivity index (χ1) is 9.61. The fraction of sp³-hybridized carbons (Fsp3) is 0.600. The van der Waals surface area contributed by atoms with Crippen LogP contribution in [-0.2, 0) is 9.47 Å². The predicted molar refractivity (Wildman–Crippen MR) is 79.4 cm³/mol. The third-order valence-corrected chi connectivity index (χ3v) is 2.41. The monoisotopic (exact) mass is 283 g/mol. The highest BCUT2D eigenvalue weighted by molar-refractivity contribution is 5.50. The predicted octanol–water partition coefficient (Wildman–Crippen LogP) is 2.49. The minimum absolute atomic E-state index is 0.105. The van der Waals surface area contributed by atoms with Crippen LogP contribution < -0.4 is 15.2 Å². The molecule has 0 saturated heterocycles. The topological polar surface area (TPSA) is 62.9 Å². The van der Waals surface area contributed by atoms with Crippen LogP contribution in [0.1, 0.15) is 20.3 Å². The second-order valence-electron chi connectivity index (χ2n) is 4.71. The van der Waals surface area contributed by atoms with Crippen molar-refractivity contribution in [1.82, 2.24) is 0 Å². The summed E-state index contributed by atoms with van der Waals surface area (Å²) in [6.45, 7) is 6.35. The van der Waals surface area contributed by atoms with E-state index in [0.29, 0.717) is 37.9 Å². The lowest BCUT2D eigenvalue weighted by molar-refractivity contribution is 0.0805. The van der Waals surface area contributed by atoms with Crippen molar-refractivity contribution >= 4 is 5.69 Å². The molecule has 0 heterocycles. The van der Waals surface area contributed by atoms with Crippen molar-refractivity contribution in [3.8, 4) is 11.5 Å². The average molecular weight is 283 g/mol. The quantitative estimate of drug-likeness (QED) is 0.528. The maximum absolute atomic E-state index is 5.82. The highest BCUT2D eigenvalue weighted by Crippen LogP contribution is 2.25. The molecular formula is C15H25NO4. The lowest BCUT2D eigenvalue weighted by Gasteiger charge is -2.13. The second-order valence-corrected chi connectivity index (χ2v) is 4.71. The molecule has 0 unspecified atom stereocenters. The van der Waals surface area contributed by atoms with Gasteiger partial charge in [-0.05, 0) is 20.3 Å². The summed E-state index contributed by atoms with van der Waals surface area (Å²) in [5.41, 5.74) is 6.44. The van der Waals surface area contributed by atoms with Crippen LogP contribution in [0.4, 0.5) is 5.69 Å². The molecule has 0 aromatic heterocycles. The van der Waals surface area contributed by atoms with Crippen LogP contribution in [0.5, 0.6) is 11.5 Å². The van der Waals surface area contributed by atoms with E-state index in [1.165, 1.54) is 0 Å². The Hall–Kier alpha value is -1.46. The second kappa shape index (κ2) is 9.44. The first-order valence-corrected chi connectivity index (χ1v) is 6.88. The Morgan fingerprint density at radius 2 is 1.75 bits per heavy atom. The fourth-order valence-electron chi connectivity index (χ4n) is 1.64. The van der Waals surface area contributed by atoms with Crippen molar-refractivity contribution in [3.63, 3.8) is 0 Å². The molecule has 0 spiro atoms. The summed E-state index contributed by atoms with van der Waals surface area (Å²) in [5, 5.41) is 0. The van der Waals surface area contributed by atoms with E-state index < -0.39 is 0 Å². The van der Waals surface area contributed by atoms with Gasteiger partial charge >= 0.3 is 0 Å². The summed E-state index contributed by atoms with van der Waals surface area (Å²) in [6, 6.07) is 5.40. The fourth-order valence-corrected chi connectivity index (χ4v) is 1.64. The molecule has 0 radical (unpaired) electrons. The number of nitrogens with two attached hydrogens (primary N) is 1. The SMILES string of the molecule is COCCCOCCOc1cc(N)cc(OC(C)C)c1. The summed E-state index contributed by atoms with van der Waals surface area (Å²) in [5.74, 6) is 1.41. The van der Waals surface area contributed by atoms with E-state index in [4.69, 9.17) is 24.7 Å². The van der Waals surface area contributed by atoms with Crippen LogP contribution in [0.25, 0.3) is 0 Å². The summed E-state index contributed by atoms with van der Waals surface area (Å²) in [4.78, 5) is 0. The number of methoxy groups -OCH3 is 1. The Kier molecular flexibility index (Phi) is 7.84. The zero-order chi connectivity index (χ0) is 14.8. The molecule has 0 aliphatic carbocycles. The molecule has 1 aromatic carbocycles. The maximum Gasteiger partial charge on any atom is 0.125 e. The molecule has 0 aliphatic heterocycles. The summed E-state index contributed by atoms with van der Waals surface area (Å²) in [7, 11) is 1.68. The molecule has 1 aromatic rings. The smallest absolute Gasteiger partial charge is 0.125 e. The van der Waals surface area contributed by atoms with Gasteiger partial charge in [0.25, 0.3) is 0 Å². The van der Waals surface area contributed by atoms with Gasteiger partial charge in [0.2, 0.25) is 0 Å². The van der Waals surface area contributed by atoms with E-state index in [0.717, 1.165) is 12.2 Å². The van der Waals surface area contributed by atoms with Crippen LogP contribution in [0.2, 0.25) is 0 Å². The van der Waals surface area contributed by atoms with Gasteiger partial charge in [0.05, 0.1) is 12.7 Å². The van der Waals surface area contributed by atoms with Gasteiger partial charge in [0.1, 0.15) is 18.1 Å². The largest absolute Gasteiger partial charge is 0.491 e. The lowest BCUT2D eigenvalue weighted by Crippen LogP contribution is -2.09. The molecule has 0 aliphatic rings. The number of hydrogen-bond acceptors (Lipinski definition) is 5. The van der Waals surface area contributed by atoms with Crippen molar-refractivity contribution in [3.05, 3.63) is 18.2 Å². The van der Waals surface area contributed by atoms with E-state index in [-0.39, 0.29) is 6.10 Å². The Morgan fingerprint density at radius 1 is 1.00 bits per heavy atom. The average Bonchev–Trinajstić information content (AvgIpc) is 2.36. The zero-order valence-electron chi connectivity index (χ0n) is 12.6. The summed E-state index contributed by atoms with van der Waals surface area (Å²) < 4.78 is 21.6. The number of nitrogen functional groups attached to an aromatic ring is 1. The number of hydrogen-bond donors (Lipinski definition) is 1. The van der Waals surface area contributed by atoms with Crippen LogP contribution in [0.15, 0.2) is 18.2 Å². The molecule has 0 atom stereocenters. The number of rotatable bonds is 10. The highest BCUT2D eigenvalue weighted by atomic mass is 16.5. The third-order valence-electron chi connectivity index (χ3n) is 2.41. The van der Waals surface area contributed by atoms with Crippen molar-refractivity contribution in [1.29, 1.82) is 0 Å². The van der Waals surface area contributed by atoms with Crippen molar-refractivity contribution in [2.45, 2.75) is 26.4 Å². The molecule has 5 nitrogen and oxygen atoms in total. The van der Waals surface area contributed by atoms with Gasteiger partial charge in [-0.2, -0.15) is 0 Å². The molecule has 114 valence electrons. The number of benzene rings is 1. The van der Waals surface area contributed by atoms with Crippen molar-refractivity contribution < 1.29 is 18.9 Å². The molecule has 0 fully saturated rings. The molecule has 5 heteroatoms. The summed E-state index contributed by atoms with van der Waals surface area (Å²) in [6.07, 6.45) is 0.995. The van der Waals surface area contributed by atoms with E-state index in [1.807, 2.05) is 19.9 Å². The maximum atomic E-state index is 5.82. The molecule has 1 rings (SSSR count). The Bertz CT molecular complexity index is 382. The van der Waals surface area contributed by atoms with E-state index in [9.17, 15) is 0 Å². The number of anilines is 1. The Balaban J connectivity index is 2.30. The molecule has 20 heavy (non-hydrogen) atoms. The van der Waals surface area contributed by atoms with Gasteiger partial charge < -0.3 is 24.7 Å². The van der Waals surface area contributed by atoms with Crippen molar-refractivity contribution in [2.24, 2.45) is 0 Å². The standard InChI is InChI=1S/C15H25NO4/c1-12(2)20-15-10-13(16)9-14(11-15)19-8-7-18-6-4-5-17-3/h9-12H,4-8,16H2,1-3H3. The normalized spacial score (nSPS) is 10.8. The summed E-state index contributed by atoms with van der Waals surface area (Å²) >= 11 is 0. The Morgan fingerprint density at radius 3 is 2.45 bits per heavy atom. The van der Waals surface area contributed by atoms with Crippen LogP contribution in [0, 0.1) is 0 Å². The van der Waals surface area contributed by atoms with E-state index >= 15 is 0 Å². The van der Waals surface area contributed by atoms with Crippen LogP contribution >= 0.6 is 0 Å². The highest BCUT2D eigenvalue weighted by Gasteiger charge is 2.03. The first-order valence-electron chi connectivity index (χ1n) is 6.88. The first kappa shape index (κ1) is 16.6. The molecule has 0 saturated carbocycles. The van der Waals surface area contributed by atoms with Gasteiger partial charge in [-0.3, -0.25) is 0 Å². The lowest BCUT2D eigenvalue weighted by atomic mass is 10.3. The van der Waals surface area contributed by atoms with Gasteiger partial charge in [0.15, 0.2) is 0 Å². The number of ether oxygens (including phenoxy) is 4. The van der Waals surface area contributed by atoms with E-state index in [1.54, 1.807) is 19.2 Å². The molecular weight excluding hydrogens is 258 g/mol. The van der Waals surface area contributed by atoms with Crippen molar-refractivity contribution in [2.75, 3.05) is 39.3 Å². The molecule has 0 amide bonds. The van der Waals surface area contributed by atoms with Gasteiger partial charge in [-0.25, -0.2) is 0 Å². The zero-order valence-corrected chi connectivity index (χ0v) is 12.6. The third kappa shape index (κ3) is 7.21. The minimum atomic E-state index is 0.105. The van der Waals surface area contributed by atoms with Crippen LogP contribution in [-0.4, -0.2) is 39.6 Å². The van der Waals surface area contributed by atoms with E-state index in [2.05, 4.69) is 0 Å².